The Morgan fingerprint density at radius 2 is 1.79 bits per heavy atom. The van der Waals surface area contributed by atoms with Crippen molar-refractivity contribution in [2.45, 2.75) is 20.3 Å². The lowest BCUT2D eigenvalue weighted by Crippen LogP contribution is -1.93. The molecule has 0 radical (unpaired) electrons. The van der Waals surface area contributed by atoms with Crippen molar-refractivity contribution in [2.24, 2.45) is 5.92 Å². The molecule has 14 heavy (non-hydrogen) atoms. The Hall–Kier alpha value is -0.630. The van der Waals surface area contributed by atoms with E-state index in [1.54, 1.807) is 12.1 Å². The van der Waals surface area contributed by atoms with Crippen LogP contribution in [0.1, 0.15) is 19.4 Å². The molecular formula is C10H15O3P. The summed E-state index contributed by atoms with van der Waals surface area (Å²) in [5.41, 5.74) is 1.23. The van der Waals surface area contributed by atoms with Crippen LogP contribution in [0.15, 0.2) is 24.3 Å². The van der Waals surface area contributed by atoms with E-state index >= 15 is 0 Å². The fourth-order valence-electron chi connectivity index (χ4n) is 1.25. The van der Waals surface area contributed by atoms with Crippen molar-refractivity contribution < 1.29 is 14.3 Å². The number of hydrogen-bond acceptors (Lipinski definition) is 3. The highest BCUT2D eigenvalue weighted by Gasteiger charge is 2.02. The van der Waals surface area contributed by atoms with Gasteiger partial charge in [-0.05, 0) is 30.0 Å². The first-order chi connectivity index (χ1) is 6.58. The van der Waals surface area contributed by atoms with E-state index in [9.17, 15) is 0 Å². The Balaban J connectivity index is 2.59. The maximum absolute atomic E-state index is 8.62. The SMILES string of the molecule is CC(C)Cc1ccc(OP(O)O)cc1. The molecule has 0 saturated carbocycles. The van der Waals surface area contributed by atoms with Crippen LogP contribution in [0.25, 0.3) is 0 Å². The van der Waals surface area contributed by atoms with Crippen molar-refractivity contribution in [3.63, 3.8) is 0 Å². The summed E-state index contributed by atoms with van der Waals surface area (Å²) >= 11 is 0. The minimum atomic E-state index is -2.30. The molecule has 0 saturated heterocycles. The van der Waals surface area contributed by atoms with Crippen LogP contribution in [0.4, 0.5) is 0 Å². The summed E-state index contributed by atoms with van der Waals surface area (Å²) in [6, 6.07) is 7.38. The smallest absolute Gasteiger partial charge is 0.391 e. The van der Waals surface area contributed by atoms with Gasteiger partial charge in [0.2, 0.25) is 0 Å². The van der Waals surface area contributed by atoms with E-state index in [-0.39, 0.29) is 0 Å². The molecular weight excluding hydrogens is 199 g/mol. The number of rotatable bonds is 4. The summed E-state index contributed by atoms with van der Waals surface area (Å²) in [5, 5.41) is 0. The van der Waals surface area contributed by atoms with Crippen LogP contribution in [0.5, 0.6) is 5.75 Å². The lowest BCUT2D eigenvalue weighted by Gasteiger charge is -2.07. The molecule has 3 nitrogen and oxygen atoms in total. The second-order valence-electron chi connectivity index (χ2n) is 3.59. The fourth-order valence-corrected chi connectivity index (χ4v) is 1.56. The Bertz CT molecular complexity index is 240. The maximum atomic E-state index is 8.62. The first kappa shape index (κ1) is 11.4. The fraction of sp³-hybridized carbons (Fsp3) is 0.400. The number of benzene rings is 1. The van der Waals surface area contributed by atoms with Gasteiger partial charge in [0, 0.05) is 0 Å². The minimum absolute atomic E-state index is 0.494. The van der Waals surface area contributed by atoms with Gasteiger partial charge in [0.1, 0.15) is 5.75 Å². The van der Waals surface area contributed by atoms with Gasteiger partial charge >= 0.3 is 8.60 Å². The predicted molar refractivity (Wildman–Crippen MR) is 57.0 cm³/mol. The zero-order chi connectivity index (χ0) is 10.6. The molecule has 0 atom stereocenters. The van der Waals surface area contributed by atoms with Gasteiger partial charge < -0.3 is 14.3 Å². The van der Waals surface area contributed by atoms with Gasteiger partial charge in [-0.3, -0.25) is 0 Å². The van der Waals surface area contributed by atoms with Gasteiger partial charge in [-0.2, -0.15) is 0 Å². The topological polar surface area (TPSA) is 49.7 Å². The highest BCUT2D eigenvalue weighted by molar-refractivity contribution is 7.39. The van der Waals surface area contributed by atoms with Crippen LogP contribution >= 0.6 is 8.60 Å². The third-order valence-corrected chi connectivity index (χ3v) is 2.13. The molecule has 4 heteroatoms. The first-order valence-corrected chi connectivity index (χ1v) is 5.69. The molecule has 0 fully saturated rings. The van der Waals surface area contributed by atoms with Crippen LogP contribution in [0, 0.1) is 5.92 Å². The van der Waals surface area contributed by atoms with E-state index in [1.165, 1.54) is 5.56 Å². The van der Waals surface area contributed by atoms with Crippen LogP contribution in [-0.4, -0.2) is 9.79 Å². The van der Waals surface area contributed by atoms with E-state index in [2.05, 4.69) is 13.8 Å². The lowest BCUT2D eigenvalue weighted by molar-refractivity contribution is 0.375. The zero-order valence-corrected chi connectivity index (χ0v) is 9.24. The van der Waals surface area contributed by atoms with Crippen molar-refractivity contribution in [1.29, 1.82) is 0 Å². The van der Waals surface area contributed by atoms with Crippen molar-refractivity contribution in [2.75, 3.05) is 0 Å². The molecule has 0 aliphatic rings. The molecule has 1 aromatic carbocycles. The predicted octanol–water partition coefficient (Wildman–Crippen LogP) is 2.48. The number of hydrogen-bond donors (Lipinski definition) is 2. The van der Waals surface area contributed by atoms with E-state index in [4.69, 9.17) is 14.3 Å². The molecule has 1 aromatic rings. The summed E-state index contributed by atoms with van der Waals surface area (Å²) in [7, 11) is -2.30. The van der Waals surface area contributed by atoms with E-state index in [0.29, 0.717) is 11.7 Å². The molecule has 0 aliphatic heterocycles. The zero-order valence-electron chi connectivity index (χ0n) is 8.34. The summed E-state index contributed by atoms with van der Waals surface area (Å²) < 4.78 is 4.75. The summed E-state index contributed by atoms with van der Waals surface area (Å²) in [4.78, 5) is 17.2. The van der Waals surface area contributed by atoms with Gasteiger partial charge in [0.15, 0.2) is 0 Å². The van der Waals surface area contributed by atoms with Gasteiger partial charge in [-0.15, -0.1) is 0 Å². The Kier molecular flexibility index (Phi) is 4.33. The first-order valence-electron chi connectivity index (χ1n) is 4.52. The summed E-state index contributed by atoms with van der Waals surface area (Å²) in [5.74, 6) is 1.11. The molecule has 0 spiro atoms. The maximum Gasteiger partial charge on any atom is 0.391 e. The van der Waals surface area contributed by atoms with Crippen molar-refractivity contribution in [3.8, 4) is 5.75 Å². The standard InChI is InChI=1S/C10H15O3P/c1-8(2)7-9-3-5-10(6-4-9)13-14(11)12/h3-6,8,11-12H,7H2,1-2H3. The molecule has 0 aromatic heterocycles. The van der Waals surface area contributed by atoms with Gasteiger partial charge in [-0.25, -0.2) is 0 Å². The average Bonchev–Trinajstić information content (AvgIpc) is 2.06. The molecule has 0 unspecified atom stereocenters. The second kappa shape index (κ2) is 5.30. The van der Waals surface area contributed by atoms with E-state index in [1.807, 2.05) is 12.1 Å². The molecule has 2 N–H and O–H groups in total. The third kappa shape index (κ3) is 4.05. The largest absolute Gasteiger partial charge is 0.427 e. The molecule has 0 aliphatic carbocycles. The van der Waals surface area contributed by atoms with Crippen molar-refractivity contribution >= 4 is 8.60 Å². The van der Waals surface area contributed by atoms with Crippen molar-refractivity contribution in [1.82, 2.24) is 0 Å². The van der Waals surface area contributed by atoms with E-state index in [0.717, 1.165) is 6.42 Å². The molecule has 1 rings (SSSR count). The van der Waals surface area contributed by atoms with Crippen LogP contribution in [0.3, 0.4) is 0 Å². The van der Waals surface area contributed by atoms with Crippen LogP contribution in [-0.2, 0) is 6.42 Å². The highest BCUT2D eigenvalue weighted by atomic mass is 31.2. The highest BCUT2D eigenvalue weighted by Crippen LogP contribution is 2.28. The average molecular weight is 214 g/mol. The van der Waals surface area contributed by atoms with Gasteiger partial charge in [0.05, 0.1) is 0 Å². The molecule has 78 valence electrons. The molecule has 0 heterocycles. The van der Waals surface area contributed by atoms with Gasteiger partial charge in [-0.1, -0.05) is 26.0 Å². The van der Waals surface area contributed by atoms with Crippen LogP contribution in [0.2, 0.25) is 0 Å². The Morgan fingerprint density at radius 3 is 2.21 bits per heavy atom. The normalized spacial score (nSPS) is 11.0. The molecule has 0 amide bonds. The second-order valence-corrected chi connectivity index (χ2v) is 4.27. The van der Waals surface area contributed by atoms with E-state index < -0.39 is 8.60 Å². The van der Waals surface area contributed by atoms with Crippen LogP contribution < -0.4 is 4.52 Å². The van der Waals surface area contributed by atoms with Crippen molar-refractivity contribution in [3.05, 3.63) is 29.8 Å². The summed E-state index contributed by atoms with van der Waals surface area (Å²) in [6.45, 7) is 4.32. The summed E-state index contributed by atoms with van der Waals surface area (Å²) in [6.07, 6.45) is 1.02. The monoisotopic (exact) mass is 214 g/mol. The Labute approximate surface area is 85.4 Å². The molecule has 0 bridgehead atoms. The Morgan fingerprint density at radius 1 is 1.21 bits per heavy atom. The van der Waals surface area contributed by atoms with Gasteiger partial charge in [0.25, 0.3) is 0 Å². The quantitative estimate of drug-likeness (QED) is 0.757. The lowest BCUT2D eigenvalue weighted by atomic mass is 10.0. The minimum Gasteiger partial charge on any atom is -0.427 e. The third-order valence-electron chi connectivity index (χ3n) is 1.75.